The molecule has 0 aliphatic heterocycles. The summed E-state index contributed by atoms with van der Waals surface area (Å²) in [5.41, 5.74) is 25.6. The minimum atomic E-state index is 0. The Morgan fingerprint density at radius 3 is 0.788 bits per heavy atom. The molecule has 3 aliphatic rings. The Hall–Kier alpha value is -4.68. The van der Waals surface area contributed by atoms with Crippen molar-refractivity contribution < 1.29 is 0 Å². The van der Waals surface area contributed by atoms with E-state index in [0.29, 0.717) is 5.92 Å². The number of aryl methyl sites for hydroxylation is 6. The molecule has 0 nitrogen and oxygen atoms in total. The number of benzene rings is 6. The maximum Gasteiger partial charge on any atom is 0.00735 e. The van der Waals surface area contributed by atoms with Crippen LogP contribution in [0, 0.1) is 41.5 Å². The number of hydrogen-bond acceptors (Lipinski definition) is 0. The predicted molar refractivity (Wildman–Crippen MR) is 235 cm³/mol. The van der Waals surface area contributed by atoms with Gasteiger partial charge < -0.3 is 0 Å². The van der Waals surface area contributed by atoms with Gasteiger partial charge in [0.05, 0.1) is 0 Å². The second-order valence-corrected chi connectivity index (χ2v) is 13.9. The molecule has 0 aromatic heterocycles. The van der Waals surface area contributed by atoms with Crippen LogP contribution in [-0.2, 0) is 12.8 Å². The Bertz CT molecular complexity index is 1870. The van der Waals surface area contributed by atoms with Crippen LogP contribution in [0.15, 0.2) is 109 Å². The zero-order valence-corrected chi connectivity index (χ0v) is 30.4. The van der Waals surface area contributed by atoms with Crippen molar-refractivity contribution in [3.63, 3.8) is 0 Å². The molecule has 0 heteroatoms. The summed E-state index contributed by atoms with van der Waals surface area (Å²) in [6.07, 6.45) is 2.21. The summed E-state index contributed by atoms with van der Waals surface area (Å²) in [6.45, 7) is 19.3. The fourth-order valence-corrected chi connectivity index (χ4v) is 7.68. The molecule has 3 aliphatic carbocycles. The van der Waals surface area contributed by atoms with E-state index in [4.69, 9.17) is 0 Å². The Labute approximate surface area is 319 Å². The highest BCUT2D eigenvalue weighted by atomic mass is 14.3. The van der Waals surface area contributed by atoms with E-state index in [1.54, 1.807) is 0 Å². The van der Waals surface area contributed by atoms with Crippen molar-refractivity contribution in [2.24, 2.45) is 0 Å². The standard InChI is InChI=1S/C16H16.2C15H14.C2H6.4CH4/c1-10-4-6-13-14-7-5-11(2)9-16(14)12(3)15(13)8-10;2*1-10-3-5-14-12(7-10)9-13-8-11(2)4-6-15(13)14;1-2;;;;/h4-9,12H,1-3H3;2*3-8H,9H2,1-2H3;1-2H3;4*1H4. The lowest BCUT2D eigenvalue weighted by atomic mass is 9.97. The molecular weight excluding hydrogens is 625 g/mol. The molecule has 0 spiro atoms. The smallest absolute Gasteiger partial charge is 0.00735 e. The van der Waals surface area contributed by atoms with E-state index >= 15 is 0 Å². The minimum Gasteiger partial charge on any atom is -0.0776 e. The molecule has 0 N–H and O–H groups in total. The van der Waals surface area contributed by atoms with Gasteiger partial charge in [0.2, 0.25) is 0 Å². The third kappa shape index (κ3) is 8.67. The van der Waals surface area contributed by atoms with Crippen LogP contribution in [0.1, 0.15) is 123 Å². The number of fused-ring (bicyclic) bond motifs is 9. The first-order chi connectivity index (χ1) is 23.1. The Morgan fingerprint density at radius 2 is 0.538 bits per heavy atom. The molecule has 0 heterocycles. The fraction of sp³-hybridized carbons (Fsp3) is 0.308. The molecule has 9 rings (SSSR count). The molecule has 0 amide bonds. The van der Waals surface area contributed by atoms with Crippen molar-refractivity contribution >= 4 is 0 Å². The maximum atomic E-state index is 2.33. The van der Waals surface area contributed by atoms with Gasteiger partial charge >= 0.3 is 0 Å². The van der Waals surface area contributed by atoms with Gasteiger partial charge in [0.15, 0.2) is 0 Å². The first-order valence-electron chi connectivity index (χ1n) is 17.7. The highest BCUT2D eigenvalue weighted by molar-refractivity contribution is 5.80. The lowest BCUT2D eigenvalue weighted by molar-refractivity contribution is 0.952. The van der Waals surface area contributed by atoms with E-state index in [-0.39, 0.29) is 29.7 Å². The molecule has 274 valence electrons. The summed E-state index contributed by atoms with van der Waals surface area (Å²) in [6, 6.07) is 40.7. The molecule has 0 bridgehead atoms. The monoisotopic (exact) mass is 691 g/mol. The van der Waals surface area contributed by atoms with Crippen molar-refractivity contribution in [1.29, 1.82) is 0 Å². The lowest BCUT2D eigenvalue weighted by Gasteiger charge is -2.07. The van der Waals surface area contributed by atoms with Crippen molar-refractivity contribution in [3.05, 3.63) is 176 Å². The average molecular weight is 691 g/mol. The molecule has 0 unspecified atom stereocenters. The lowest BCUT2D eigenvalue weighted by Crippen LogP contribution is -1.90. The highest BCUT2D eigenvalue weighted by Gasteiger charge is 2.25. The van der Waals surface area contributed by atoms with Gasteiger partial charge in [0.25, 0.3) is 0 Å². The van der Waals surface area contributed by atoms with E-state index in [0.717, 1.165) is 12.8 Å². The molecule has 6 aromatic carbocycles. The summed E-state index contributed by atoms with van der Waals surface area (Å²) in [7, 11) is 0. The number of hydrogen-bond donors (Lipinski definition) is 0. The molecule has 0 radical (unpaired) electrons. The van der Waals surface area contributed by atoms with Crippen molar-refractivity contribution in [1.82, 2.24) is 0 Å². The summed E-state index contributed by atoms with van der Waals surface area (Å²) >= 11 is 0. The van der Waals surface area contributed by atoms with Crippen LogP contribution in [0.5, 0.6) is 0 Å². The van der Waals surface area contributed by atoms with Gasteiger partial charge in [-0.2, -0.15) is 0 Å². The second kappa shape index (κ2) is 18.2. The van der Waals surface area contributed by atoms with Gasteiger partial charge in [0.1, 0.15) is 0 Å². The normalized spacial score (nSPS) is 11.5. The van der Waals surface area contributed by atoms with Crippen LogP contribution in [0.4, 0.5) is 0 Å². The van der Waals surface area contributed by atoms with Gasteiger partial charge in [0, 0.05) is 5.92 Å². The van der Waals surface area contributed by atoms with Crippen molar-refractivity contribution in [3.8, 4) is 33.4 Å². The SMILES string of the molecule is C.C.C.C.CC.Cc1ccc2c(c1)C(C)c1cc(C)ccc1-2.Cc1ccc2c(c1)Cc1cc(C)ccc1-2.Cc1ccc2c(c1)Cc1cc(C)ccc1-2. The van der Waals surface area contributed by atoms with Crippen LogP contribution in [0.2, 0.25) is 0 Å². The molecule has 0 saturated carbocycles. The first kappa shape index (κ1) is 43.5. The third-order valence-corrected chi connectivity index (χ3v) is 10.0. The van der Waals surface area contributed by atoms with Crippen molar-refractivity contribution in [2.45, 2.75) is 111 Å². The zero-order valence-electron chi connectivity index (χ0n) is 30.4. The fourth-order valence-electron chi connectivity index (χ4n) is 7.68. The third-order valence-electron chi connectivity index (χ3n) is 10.0. The highest BCUT2D eigenvalue weighted by Crippen LogP contribution is 2.45. The summed E-state index contributed by atoms with van der Waals surface area (Å²) in [4.78, 5) is 0. The van der Waals surface area contributed by atoms with Crippen LogP contribution in [-0.4, -0.2) is 0 Å². The zero-order chi connectivity index (χ0) is 34.1. The second-order valence-electron chi connectivity index (χ2n) is 13.9. The minimum absolute atomic E-state index is 0. The van der Waals surface area contributed by atoms with Crippen LogP contribution in [0.3, 0.4) is 0 Å². The van der Waals surface area contributed by atoms with Gasteiger partial charge in [-0.1, -0.05) is 193 Å². The van der Waals surface area contributed by atoms with Crippen molar-refractivity contribution in [2.75, 3.05) is 0 Å². The molecule has 0 saturated heterocycles. The van der Waals surface area contributed by atoms with E-state index in [2.05, 4.69) is 158 Å². The van der Waals surface area contributed by atoms with Gasteiger partial charge in [-0.25, -0.2) is 0 Å². The summed E-state index contributed by atoms with van der Waals surface area (Å²) in [5.74, 6) is 0.546. The Morgan fingerprint density at radius 1 is 0.327 bits per heavy atom. The molecule has 0 atom stereocenters. The first-order valence-corrected chi connectivity index (χ1v) is 17.7. The molecule has 0 fully saturated rings. The largest absolute Gasteiger partial charge is 0.0776 e. The Balaban J connectivity index is 0.000000254. The molecular formula is C52H66. The van der Waals surface area contributed by atoms with Crippen LogP contribution < -0.4 is 0 Å². The maximum absolute atomic E-state index is 2.33. The summed E-state index contributed by atoms with van der Waals surface area (Å²) in [5, 5.41) is 0. The predicted octanol–water partition coefficient (Wildman–Crippen LogP) is 15.8. The van der Waals surface area contributed by atoms with E-state index in [1.807, 2.05) is 13.8 Å². The van der Waals surface area contributed by atoms with E-state index < -0.39 is 0 Å². The quantitative estimate of drug-likeness (QED) is 0.149. The number of rotatable bonds is 0. The van der Waals surface area contributed by atoms with Gasteiger partial charge in [-0.3, -0.25) is 0 Å². The molecule has 52 heavy (non-hydrogen) atoms. The van der Waals surface area contributed by atoms with Gasteiger partial charge in [-0.15, -0.1) is 0 Å². The van der Waals surface area contributed by atoms with Crippen LogP contribution >= 0.6 is 0 Å². The average Bonchev–Trinajstić information content (AvgIpc) is 3.70. The van der Waals surface area contributed by atoms with E-state index in [1.165, 1.54) is 100 Å². The van der Waals surface area contributed by atoms with Gasteiger partial charge in [-0.05, 0) is 121 Å². The Kier molecular flexibility index (Phi) is 15.2. The molecule has 6 aromatic rings. The van der Waals surface area contributed by atoms with Crippen LogP contribution in [0.25, 0.3) is 33.4 Å². The van der Waals surface area contributed by atoms with E-state index in [9.17, 15) is 0 Å². The topological polar surface area (TPSA) is 0 Å². The summed E-state index contributed by atoms with van der Waals surface area (Å²) < 4.78 is 0.